The summed E-state index contributed by atoms with van der Waals surface area (Å²) in [6, 6.07) is 0. The average Bonchev–Trinajstić information content (AvgIpc) is 3.10. The van der Waals surface area contributed by atoms with Crippen molar-refractivity contribution in [3.63, 3.8) is 0 Å². The summed E-state index contributed by atoms with van der Waals surface area (Å²) >= 11 is 0. The number of esters is 2. The van der Waals surface area contributed by atoms with E-state index in [1.807, 2.05) is 6.08 Å². The number of allylic oxidation sites excluding steroid dienone is 4. The highest BCUT2D eigenvalue weighted by atomic mass is 31.2. The molecule has 0 aliphatic rings. The fourth-order valence-electron chi connectivity index (χ4n) is 5.16. The Hall–Kier alpha value is -1.73. The highest BCUT2D eigenvalue weighted by Crippen LogP contribution is 2.43. The Morgan fingerprint density at radius 1 is 0.630 bits per heavy atom. The number of phosphoric ester groups is 2. The number of carbonyl (C=O) groups is 3. The Kier molecular flexibility index (Phi) is 32.3. The molecule has 1 unspecified atom stereocenters. The molecule has 0 bridgehead atoms. The molecular formula is C38H70O14P2. The number of aliphatic hydroxyl groups excluding tert-OH is 1. The minimum absolute atomic E-state index is 0.0491. The molecule has 0 heterocycles. The molecular weight excluding hydrogens is 742 g/mol. The standard InChI is InChI=1S/C38H70O14P2/c1-4-5-6-7-10-15-20-25-34(39)26-21-16-13-18-23-28-38(42)52-36(32-51-54(46,47)50-30-35(40)29-49-53(43,44)45)31-48-37(41)27-22-17-12-9-8-11-14-19-24-33(2)3/h10,15,20,25,33,35-36,40H,4-9,11-14,16-19,21-24,26-32H2,1-3H3,(H,46,47)(H2,43,44,45)/b15-10-,25-20+/t35-,36+/m0/s1. The number of ether oxygens (including phenoxy) is 2. The van der Waals surface area contributed by atoms with Crippen LogP contribution in [0.4, 0.5) is 0 Å². The maximum Gasteiger partial charge on any atom is 0.472 e. The number of ketones is 1. The number of phosphoric acid groups is 2. The summed E-state index contributed by atoms with van der Waals surface area (Å²) in [6.07, 6.45) is 23.1. The maximum atomic E-state index is 12.6. The van der Waals surface area contributed by atoms with Gasteiger partial charge in [-0.2, -0.15) is 0 Å². The first-order valence-corrected chi connectivity index (χ1v) is 22.9. The minimum Gasteiger partial charge on any atom is -0.462 e. The van der Waals surface area contributed by atoms with Gasteiger partial charge in [0, 0.05) is 19.3 Å². The summed E-state index contributed by atoms with van der Waals surface area (Å²) in [7, 11) is -9.70. The van der Waals surface area contributed by atoms with Crippen molar-refractivity contribution < 1.29 is 66.3 Å². The summed E-state index contributed by atoms with van der Waals surface area (Å²) < 4.78 is 47.5. The van der Waals surface area contributed by atoms with Gasteiger partial charge in [0.2, 0.25) is 0 Å². The molecule has 0 rings (SSSR count). The summed E-state index contributed by atoms with van der Waals surface area (Å²) in [6.45, 7) is 3.81. The molecule has 14 nitrogen and oxygen atoms in total. The van der Waals surface area contributed by atoms with Crippen LogP contribution in [0.2, 0.25) is 0 Å². The van der Waals surface area contributed by atoms with Crippen LogP contribution in [-0.2, 0) is 46.6 Å². The maximum absolute atomic E-state index is 12.6. The lowest BCUT2D eigenvalue weighted by molar-refractivity contribution is -0.161. The predicted octanol–water partition coefficient (Wildman–Crippen LogP) is 8.59. The lowest BCUT2D eigenvalue weighted by Crippen LogP contribution is -2.30. The zero-order chi connectivity index (χ0) is 40.5. The molecule has 0 saturated heterocycles. The van der Waals surface area contributed by atoms with Crippen molar-refractivity contribution in [1.29, 1.82) is 0 Å². The smallest absolute Gasteiger partial charge is 0.462 e. The highest BCUT2D eigenvalue weighted by molar-refractivity contribution is 7.47. The van der Waals surface area contributed by atoms with E-state index >= 15 is 0 Å². The Labute approximate surface area is 323 Å². The van der Waals surface area contributed by atoms with Gasteiger partial charge in [0.25, 0.3) is 0 Å². The highest BCUT2D eigenvalue weighted by Gasteiger charge is 2.28. The van der Waals surface area contributed by atoms with Crippen LogP contribution in [0.3, 0.4) is 0 Å². The van der Waals surface area contributed by atoms with Crippen LogP contribution in [0.15, 0.2) is 24.3 Å². The monoisotopic (exact) mass is 812 g/mol. The Morgan fingerprint density at radius 3 is 1.76 bits per heavy atom. The second-order valence-electron chi connectivity index (χ2n) is 14.1. The van der Waals surface area contributed by atoms with Crippen LogP contribution < -0.4 is 0 Å². The van der Waals surface area contributed by atoms with Gasteiger partial charge >= 0.3 is 27.6 Å². The van der Waals surface area contributed by atoms with Crippen molar-refractivity contribution in [3.05, 3.63) is 24.3 Å². The van der Waals surface area contributed by atoms with Crippen LogP contribution in [0, 0.1) is 5.92 Å². The van der Waals surface area contributed by atoms with E-state index in [-0.39, 0.29) is 18.6 Å². The Morgan fingerprint density at radius 2 is 1.17 bits per heavy atom. The third kappa shape index (κ3) is 37.2. The molecule has 54 heavy (non-hydrogen) atoms. The molecule has 0 radical (unpaired) electrons. The number of hydrogen-bond acceptors (Lipinski definition) is 11. The van der Waals surface area contributed by atoms with Gasteiger partial charge in [0.1, 0.15) is 12.7 Å². The van der Waals surface area contributed by atoms with E-state index in [1.54, 1.807) is 12.2 Å². The molecule has 0 aromatic rings. The third-order valence-corrected chi connectivity index (χ3v) is 9.67. The normalized spacial score (nSPS) is 14.4. The quantitative estimate of drug-likeness (QED) is 0.0152. The molecule has 316 valence electrons. The lowest BCUT2D eigenvalue weighted by Gasteiger charge is -2.20. The van der Waals surface area contributed by atoms with Gasteiger partial charge in [-0.3, -0.25) is 28.0 Å². The first-order chi connectivity index (χ1) is 25.6. The number of rotatable bonds is 37. The zero-order valence-corrected chi connectivity index (χ0v) is 34.8. The Bertz CT molecular complexity index is 1140. The minimum atomic E-state index is -4.87. The number of hydrogen-bond donors (Lipinski definition) is 4. The number of carbonyl (C=O) groups excluding carboxylic acids is 3. The summed E-state index contributed by atoms with van der Waals surface area (Å²) in [5.74, 6) is -0.314. The third-order valence-electron chi connectivity index (χ3n) is 8.24. The fraction of sp³-hybridized carbons (Fsp3) is 0.816. The number of aliphatic hydroxyl groups is 1. The Balaban J connectivity index is 4.66. The van der Waals surface area contributed by atoms with Crippen LogP contribution in [-0.4, -0.2) is 76.1 Å². The van der Waals surface area contributed by atoms with E-state index in [4.69, 9.17) is 23.8 Å². The van der Waals surface area contributed by atoms with Crippen molar-refractivity contribution >= 4 is 33.4 Å². The fourth-order valence-corrected chi connectivity index (χ4v) is 6.32. The van der Waals surface area contributed by atoms with Gasteiger partial charge < -0.3 is 29.3 Å². The number of unbranched alkanes of at least 4 members (excludes halogenated alkanes) is 14. The van der Waals surface area contributed by atoms with Crippen molar-refractivity contribution in [2.45, 2.75) is 168 Å². The molecule has 0 fully saturated rings. The predicted molar refractivity (Wildman–Crippen MR) is 207 cm³/mol. The largest absolute Gasteiger partial charge is 0.472 e. The van der Waals surface area contributed by atoms with Gasteiger partial charge in [-0.25, -0.2) is 9.13 Å². The topological polar surface area (TPSA) is 212 Å². The van der Waals surface area contributed by atoms with Gasteiger partial charge in [0.05, 0.1) is 19.8 Å². The molecule has 16 heteroatoms. The van der Waals surface area contributed by atoms with Gasteiger partial charge in [-0.15, -0.1) is 0 Å². The molecule has 0 aromatic carbocycles. The second kappa shape index (κ2) is 33.4. The van der Waals surface area contributed by atoms with E-state index in [9.17, 15) is 33.5 Å². The average molecular weight is 813 g/mol. The summed E-state index contributed by atoms with van der Waals surface area (Å²) in [5.41, 5.74) is 0. The van der Waals surface area contributed by atoms with Gasteiger partial charge in [-0.1, -0.05) is 122 Å². The SMILES string of the molecule is CCCCC/C=C\C=C\C(=O)CCCCCCCC(=O)O[C@H](COC(=O)CCCCCCCCCCC(C)C)COP(=O)(O)OC[C@@H](O)COP(=O)(O)O. The molecule has 0 amide bonds. The van der Waals surface area contributed by atoms with E-state index < -0.39 is 66.2 Å². The molecule has 0 saturated carbocycles. The van der Waals surface area contributed by atoms with E-state index in [1.165, 1.54) is 44.9 Å². The molecule has 3 atom stereocenters. The van der Waals surface area contributed by atoms with Crippen molar-refractivity contribution in [1.82, 2.24) is 0 Å². The molecule has 0 aliphatic carbocycles. The summed E-state index contributed by atoms with van der Waals surface area (Å²) in [5, 5.41) is 9.71. The summed E-state index contributed by atoms with van der Waals surface area (Å²) in [4.78, 5) is 64.5. The lowest BCUT2D eigenvalue weighted by atomic mass is 10.0. The molecule has 0 aliphatic heterocycles. The van der Waals surface area contributed by atoms with E-state index in [0.29, 0.717) is 19.3 Å². The first kappa shape index (κ1) is 52.3. The van der Waals surface area contributed by atoms with Crippen molar-refractivity contribution in [3.8, 4) is 0 Å². The molecule has 0 aromatic heterocycles. The molecule has 0 spiro atoms. The van der Waals surface area contributed by atoms with Crippen LogP contribution >= 0.6 is 15.6 Å². The van der Waals surface area contributed by atoms with E-state index in [2.05, 4.69) is 35.9 Å². The van der Waals surface area contributed by atoms with Gasteiger partial charge in [-0.05, 0) is 44.1 Å². The van der Waals surface area contributed by atoms with Gasteiger partial charge in [0.15, 0.2) is 11.9 Å². The second-order valence-corrected chi connectivity index (χ2v) is 16.8. The van der Waals surface area contributed by atoms with Crippen LogP contribution in [0.1, 0.15) is 156 Å². The van der Waals surface area contributed by atoms with Crippen molar-refractivity contribution in [2.24, 2.45) is 5.92 Å². The molecule has 4 N–H and O–H groups in total. The van der Waals surface area contributed by atoms with Crippen molar-refractivity contribution in [2.75, 3.05) is 26.4 Å². The zero-order valence-electron chi connectivity index (χ0n) is 33.0. The van der Waals surface area contributed by atoms with Crippen LogP contribution in [0.5, 0.6) is 0 Å². The van der Waals surface area contributed by atoms with Crippen LogP contribution in [0.25, 0.3) is 0 Å². The first-order valence-electron chi connectivity index (χ1n) is 19.8. The van der Waals surface area contributed by atoms with E-state index in [0.717, 1.165) is 63.7 Å².